The number of fused-ring (bicyclic) bond motifs is 1. The number of carbonyl (C=O) groups is 1. The molecule has 178 valence electrons. The van der Waals surface area contributed by atoms with Crippen molar-refractivity contribution in [2.24, 2.45) is 0 Å². The van der Waals surface area contributed by atoms with E-state index < -0.39 is 5.97 Å². The number of hydrogen-bond acceptors (Lipinski definition) is 5. The first-order valence-corrected chi connectivity index (χ1v) is 11.5. The zero-order valence-corrected chi connectivity index (χ0v) is 19.9. The summed E-state index contributed by atoms with van der Waals surface area (Å²) in [5.74, 6) is 0.694. The van der Waals surface area contributed by atoms with Crippen LogP contribution in [0.1, 0.15) is 28.7 Å². The highest BCUT2D eigenvalue weighted by atomic mass is 16.5. The average molecular weight is 462 g/mol. The maximum atomic E-state index is 10.9. The van der Waals surface area contributed by atoms with Gasteiger partial charge in [0.15, 0.2) is 0 Å². The van der Waals surface area contributed by atoms with E-state index in [2.05, 4.69) is 29.6 Å². The van der Waals surface area contributed by atoms with Gasteiger partial charge in [-0.05, 0) is 71.8 Å². The molecule has 34 heavy (non-hydrogen) atoms. The molecule has 0 radical (unpaired) electrons. The number of carboxylic acids is 1. The molecule has 2 N–H and O–H groups in total. The van der Waals surface area contributed by atoms with Crippen LogP contribution in [0.4, 0.5) is 5.69 Å². The zero-order chi connectivity index (χ0) is 24.1. The molecule has 6 nitrogen and oxygen atoms in total. The zero-order valence-electron chi connectivity index (χ0n) is 19.9. The molecular formula is C28H31NO5. The Hall–Kier alpha value is -3.51. The molecule has 0 saturated carbocycles. The largest absolute Gasteiger partial charge is 0.496 e. The van der Waals surface area contributed by atoms with Crippen molar-refractivity contribution in [3.8, 4) is 22.6 Å². The van der Waals surface area contributed by atoms with E-state index in [1.165, 1.54) is 11.1 Å². The summed E-state index contributed by atoms with van der Waals surface area (Å²) >= 11 is 0. The Morgan fingerprint density at radius 3 is 2.24 bits per heavy atom. The molecule has 0 aliphatic heterocycles. The van der Waals surface area contributed by atoms with Crippen LogP contribution in [0.15, 0.2) is 54.6 Å². The summed E-state index contributed by atoms with van der Waals surface area (Å²) in [4.78, 5) is 10.9. The predicted octanol–water partition coefficient (Wildman–Crippen LogP) is 5.25. The predicted molar refractivity (Wildman–Crippen MR) is 133 cm³/mol. The molecule has 0 aromatic heterocycles. The Bertz CT molecular complexity index is 1120. The van der Waals surface area contributed by atoms with Gasteiger partial charge in [-0.15, -0.1) is 0 Å². The fourth-order valence-corrected chi connectivity index (χ4v) is 4.50. The highest BCUT2D eigenvalue weighted by molar-refractivity contribution is 5.74. The average Bonchev–Trinajstić information content (AvgIpc) is 3.26. The number of carboxylic acid groups (broad SMARTS) is 1. The van der Waals surface area contributed by atoms with Gasteiger partial charge in [0, 0.05) is 17.8 Å². The third-order valence-corrected chi connectivity index (χ3v) is 6.32. The van der Waals surface area contributed by atoms with Crippen LogP contribution in [-0.2, 0) is 29.0 Å². The van der Waals surface area contributed by atoms with Crippen molar-refractivity contribution < 1.29 is 24.1 Å². The monoisotopic (exact) mass is 461 g/mol. The topological polar surface area (TPSA) is 77.0 Å². The molecule has 6 heteroatoms. The lowest BCUT2D eigenvalue weighted by Crippen LogP contribution is -2.13. The summed E-state index contributed by atoms with van der Waals surface area (Å²) in [6, 6.07) is 18.6. The number of hydrogen-bond donors (Lipinski definition) is 2. The van der Waals surface area contributed by atoms with Crippen molar-refractivity contribution in [2.45, 2.75) is 38.9 Å². The normalized spacial score (nSPS) is 12.9. The van der Waals surface area contributed by atoms with Gasteiger partial charge in [0.05, 0.1) is 33.4 Å². The second-order valence-corrected chi connectivity index (χ2v) is 8.56. The Morgan fingerprint density at radius 2 is 1.65 bits per heavy atom. The third-order valence-electron chi connectivity index (χ3n) is 6.32. The molecule has 3 aromatic rings. The van der Waals surface area contributed by atoms with Gasteiger partial charge in [0.25, 0.3) is 0 Å². The summed E-state index contributed by atoms with van der Waals surface area (Å²) in [5, 5.41) is 12.2. The SMILES string of the molecule is COc1cc(-c2ccc(NCCC(=O)O)cc2COC2Cc3ccccc3C2)cc(OC)c1C. The second-order valence-electron chi connectivity index (χ2n) is 8.56. The quantitative estimate of drug-likeness (QED) is 0.429. The molecule has 1 aliphatic rings. The molecule has 0 amide bonds. The standard InChI is InChI=1S/C28H31NO5/c1-18-26(32-2)15-21(16-27(18)33-3)25-9-8-23(29-11-10-28(30)31)12-22(25)17-34-24-13-19-6-4-5-7-20(19)14-24/h4-9,12,15-16,24,29H,10-11,13-14,17H2,1-3H3,(H,30,31). The van der Waals surface area contributed by atoms with Crippen molar-refractivity contribution in [3.63, 3.8) is 0 Å². The van der Waals surface area contributed by atoms with Gasteiger partial charge in [-0.1, -0.05) is 30.3 Å². The minimum absolute atomic E-state index is 0.0558. The van der Waals surface area contributed by atoms with Crippen LogP contribution in [0.2, 0.25) is 0 Å². The molecule has 0 spiro atoms. The van der Waals surface area contributed by atoms with Crippen LogP contribution in [0.3, 0.4) is 0 Å². The van der Waals surface area contributed by atoms with Crippen molar-refractivity contribution in [1.82, 2.24) is 0 Å². The van der Waals surface area contributed by atoms with Crippen molar-refractivity contribution in [3.05, 3.63) is 76.9 Å². The van der Waals surface area contributed by atoms with Crippen LogP contribution in [0, 0.1) is 6.92 Å². The molecule has 3 aromatic carbocycles. The Balaban J connectivity index is 1.61. The van der Waals surface area contributed by atoms with Crippen LogP contribution >= 0.6 is 0 Å². The lowest BCUT2D eigenvalue weighted by Gasteiger charge is -2.18. The molecule has 0 saturated heterocycles. The number of nitrogens with one attached hydrogen (secondary N) is 1. The van der Waals surface area contributed by atoms with Crippen LogP contribution in [0.25, 0.3) is 11.1 Å². The van der Waals surface area contributed by atoms with Crippen LogP contribution < -0.4 is 14.8 Å². The summed E-state index contributed by atoms with van der Waals surface area (Å²) in [6.07, 6.45) is 2.01. The summed E-state index contributed by atoms with van der Waals surface area (Å²) < 4.78 is 17.6. The van der Waals surface area contributed by atoms with Gasteiger partial charge in [0.2, 0.25) is 0 Å². The highest BCUT2D eigenvalue weighted by Crippen LogP contribution is 2.37. The molecule has 0 heterocycles. The number of benzene rings is 3. The number of methoxy groups -OCH3 is 2. The van der Waals surface area contributed by atoms with Gasteiger partial charge in [0.1, 0.15) is 11.5 Å². The lowest BCUT2D eigenvalue weighted by atomic mass is 9.97. The van der Waals surface area contributed by atoms with Crippen molar-refractivity contribution in [2.75, 3.05) is 26.1 Å². The fraction of sp³-hybridized carbons (Fsp3) is 0.321. The maximum absolute atomic E-state index is 10.9. The maximum Gasteiger partial charge on any atom is 0.305 e. The van der Waals surface area contributed by atoms with Gasteiger partial charge < -0.3 is 24.6 Å². The molecule has 0 unspecified atom stereocenters. The highest BCUT2D eigenvalue weighted by Gasteiger charge is 2.22. The van der Waals surface area contributed by atoms with E-state index in [1.807, 2.05) is 37.3 Å². The summed E-state index contributed by atoms with van der Waals surface area (Å²) in [5.41, 5.74) is 7.53. The van der Waals surface area contributed by atoms with E-state index >= 15 is 0 Å². The minimum atomic E-state index is -0.827. The van der Waals surface area contributed by atoms with E-state index in [0.29, 0.717) is 13.2 Å². The first-order chi connectivity index (χ1) is 16.5. The number of anilines is 1. The fourth-order valence-electron chi connectivity index (χ4n) is 4.50. The van der Waals surface area contributed by atoms with E-state index in [-0.39, 0.29) is 12.5 Å². The van der Waals surface area contributed by atoms with Gasteiger partial charge in [-0.3, -0.25) is 4.79 Å². The number of ether oxygens (including phenoxy) is 3. The Kier molecular flexibility index (Phi) is 7.38. The smallest absolute Gasteiger partial charge is 0.305 e. The molecular weight excluding hydrogens is 430 g/mol. The second kappa shape index (κ2) is 10.6. The lowest BCUT2D eigenvalue weighted by molar-refractivity contribution is -0.136. The van der Waals surface area contributed by atoms with Crippen molar-refractivity contribution in [1.29, 1.82) is 0 Å². The molecule has 4 rings (SSSR count). The van der Waals surface area contributed by atoms with Crippen molar-refractivity contribution >= 4 is 11.7 Å². The Labute approximate surface area is 200 Å². The van der Waals surface area contributed by atoms with Gasteiger partial charge >= 0.3 is 5.97 Å². The molecule has 1 aliphatic carbocycles. The number of aliphatic carboxylic acids is 1. The van der Waals surface area contributed by atoms with Crippen LogP contribution in [-0.4, -0.2) is 37.9 Å². The summed E-state index contributed by atoms with van der Waals surface area (Å²) in [7, 11) is 3.31. The third kappa shape index (κ3) is 5.34. The number of rotatable bonds is 10. The van der Waals surface area contributed by atoms with Gasteiger partial charge in [-0.25, -0.2) is 0 Å². The molecule has 0 fully saturated rings. The van der Waals surface area contributed by atoms with E-state index in [4.69, 9.17) is 19.3 Å². The first-order valence-electron chi connectivity index (χ1n) is 11.5. The summed E-state index contributed by atoms with van der Waals surface area (Å²) in [6.45, 7) is 2.78. The van der Waals surface area contributed by atoms with Gasteiger partial charge in [-0.2, -0.15) is 0 Å². The van der Waals surface area contributed by atoms with E-state index in [0.717, 1.165) is 52.3 Å². The minimum Gasteiger partial charge on any atom is -0.496 e. The molecule has 0 atom stereocenters. The van der Waals surface area contributed by atoms with E-state index in [9.17, 15) is 4.79 Å². The molecule has 0 bridgehead atoms. The van der Waals surface area contributed by atoms with E-state index in [1.54, 1.807) is 14.2 Å². The Morgan fingerprint density at radius 1 is 1.00 bits per heavy atom. The first kappa shape index (κ1) is 23.6. The van der Waals surface area contributed by atoms with Crippen LogP contribution in [0.5, 0.6) is 11.5 Å².